The molecule has 0 spiro atoms. The van der Waals surface area contributed by atoms with Crippen molar-refractivity contribution in [3.63, 3.8) is 0 Å². The number of rotatable bonds is 4. The normalized spacial score (nSPS) is 15.7. The second-order valence-corrected chi connectivity index (χ2v) is 5.60. The first-order valence-corrected chi connectivity index (χ1v) is 7.65. The second kappa shape index (κ2) is 6.96. The van der Waals surface area contributed by atoms with Crippen molar-refractivity contribution in [1.29, 1.82) is 0 Å². The SMILES string of the molecule is CN(C)c1ccc(/C=C2N=C(/C=C\c3ccccc3)OC\2=O)cc1. The Morgan fingerprint density at radius 1 is 0.917 bits per heavy atom. The van der Waals surface area contributed by atoms with E-state index in [1.165, 1.54) is 0 Å². The molecule has 0 unspecified atom stereocenters. The zero-order valence-electron chi connectivity index (χ0n) is 13.6. The van der Waals surface area contributed by atoms with Crippen molar-refractivity contribution in [2.75, 3.05) is 19.0 Å². The fraction of sp³-hybridized carbons (Fsp3) is 0.100. The molecule has 2 aromatic carbocycles. The summed E-state index contributed by atoms with van der Waals surface area (Å²) in [6, 6.07) is 17.7. The van der Waals surface area contributed by atoms with E-state index < -0.39 is 5.97 Å². The van der Waals surface area contributed by atoms with Crippen molar-refractivity contribution >= 4 is 29.7 Å². The van der Waals surface area contributed by atoms with Crippen molar-refractivity contribution in [1.82, 2.24) is 0 Å². The van der Waals surface area contributed by atoms with E-state index >= 15 is 0 Å². The molecular formula is C20H18N2O2. The molecule has 0 aromatic heterocycles. The number of esters is 1. The standard InChI is InChI=1S/C20H18N2O2/c1-22(2)17-11-8-16(9-12-17)14-18-20(23)24-19(21-18)13-10-15-6-4-3-5-7-15/h3-14H,1-2H3/b13-10-,18-14-. The highest BCUT2D eigenvalue weighted by Crippen LogP contribution is 2.19. The van der Waals surface area contributed by atoms with Gasteiger partial charge in [0, 0.05) is 25.9 Å². The maximum absolute atomic E-state index is 11.9. The molecule has 3 rings (SSSR count). The Bertz CT molecular complexity index is 816. The van der Waals surface area contributed by atoms with E-state index in [1.807, 2.05) is 79.7 Å². The summed E-state index contributed by atoms with van der Waals surface area (Å²) < 4.78 is 5.18. The number of nitrogens with zero attached hydrogens (tertiary/aromatic N) is 2. The van der Waals surface area contributed by atoms with Crippen LogP contribution in [0.2, 0.25) is 0 Å². The first kappa shape index (κ1) is 15.7. The summed E-state index contributed by atoms with van der Waals surface area (Å²) in [5.41, 5.74) is 3.33. The van der Waals surface area contributed by atoms with Crippen molar-refractivity contribution < 1.29 is 9.53 Å². The lowest BCUT2D eigenvalue weighted by Crippen LogP contribution is -2.07. The Morgan fingerprint density at radius 2 is 1.62 bits per heavy atom. The first-order chi connectivity index (χ1) is 11.6. The smallest absolute Gasteiger partial charge is 0.363 e. The minimum absolute atomic E-state index is 0.306. The average molecular weight is 318 g/mol. The Hall–Kier alpha value is -3.14. The Balaban J connectivity index is 1.77. The van der Waals surface area contributed by atoms with Gasteiger partial charge in [-0.2, -0.15) is 0 Å². The first-order valence-electron chi connectivity index (χ1n) is 7.65. The number of benzene rings is 2. The summed E-state index contributed by atoms with van der Waals surface area (Å²) in [4.78, 5) is 18.2. The van der Waals surface area contributed by atoms with E-state index in [-0.39, 0.29) is 0 Å². The van der Waals surface area contributed by atoms with Gasteiger partial charge in [0.05, 0.1) is 0 Å². The summed E-state index contributed by atoms with van der Waals surface area (Å²) in [5.74, 6) is -0.126. The van der Waals surface area contributed by atoms with Crippen LogP contribution in [-0.4, -0.2) is 26.0 Å². The minimum atomic E-state index is -0.431. The fourth-order valence-electron chi connectivity index (χ4n) is 2.26. The zero-order valence-corrected chi connectivity index (χ0v) is 13.6. The minimum Gasteiger partial charge on any atom is -0.403 e. The number of cyclic esters (lactones) is 1. The van der Waals surface area contributed by atoms with E-state index in [1.54, 1.807) is 12.2 Å². The second-order valence-electron chi connectivity index (χ2n) is 5.60. The molecule has 0 bridgehead atoms. The van der Waals surface area contributed by atoms with Crippen molar-refractivity contribution in [2.45, 2.75) is 0 Å². The van der Waals surface area contributed by atoms with Crippen LogP contribution in [0, 0.1) is 0 Å². The van der Waals surface area contributed by atoms with Crippen molar-refractivity contribution in [3.05, 3.63) is 77.5 Å². The summed E-state index contributed by atoms with van der Waals surface area (Å²) >= 11 is 0. The number of carbonyl (C=O) groups is 1. The lowest BCUT2D eigenvalue weighted by molar-refractivity contribution is -0.129. The topological polar surface area (TPSA) is 41.9 Å². The molecular weight excluding hydrogens is 300 g/mol. The molecule has 120 valence electrons. The number of carbonyl (C=O) groups excluding carboxylic acids is 1. The van der Waals surface area contributed by atoms with Gasteiger partial charge in [-0.1, -0.05) is 42.5 Å². The molecule has 4 heteroatoms. The Morgan fingerprint density at radius 3 is 2.29 bits per heavy atom. The molecule has 1 heterocycles. The molecule has 0 amide bonds. The molecule has 0 N–H and O–H groups in total. The van der Waals surface area contributed by atoms with Gasteiger partial charge in [-0.15, -0.1) is 0 Å². The van der Waals surface area contributed by atoms with Gasteiger partial charge >= 0.3 is 5.97 Å². The van der Waals surface area contributed by atoms with Crippen LogP contribution >= 0.6 is 0 Å². The van der Waals surface area contributed by atoms with E-state index in [4.69, 9.17) is 4.74 Å². The predicted molar refractivity (Wildman–Crippen MR) is 97.7 cm³/mol. The highest BCUT2D eigenvalue weighted by molar-refractivity contribution is 6.11. The zero-order chi connectivity index (χ0) is 16.9. The largest absolute Gasteiger partial charge is 0.403 e. The molecule has 2 aromatic rings. The maximum atomic E-state index is 11.9. The summed E-state index contributed by atoms with van der Waals surface area (Å²) in [6.07, 6.45) is 5.29. The van der Waals surface area contributed by atoms with Gasteiger partial charge in [0.1, 0.15) is 0 Å². The van der Waals surface area contributed by atoms with Gasteiger partial charge in [0.2, 0.25) is 5.90 Å². The summed E-state index contributed by atoms with van der Waals surface area (Å²) in [5, 5.41) is 0. The van der Waals surface area contributed by atoms with Gasteiger partial charge in [0.15, 0.2) is 5.70 Å². The molecule has 0 atom stereocenters. The van der Waals surface area contributed by atoms with Gasteiger partial charge < -0.3 is 9.64 Å². The Labute approximate surface area is 141 Å². The molecule has 4 nitrogen and oxygen atoms in total. The van der Waals surface area contributed by atoms with Gasteiger partial charge in [0.25, 0.3) is 0 Å². The molecule has 0 radical (unpaired) electrons. The van der Waals surface area contributed by atoms with Gasteiger partial charge in [-0.25, -0.2) is 9.79 Å². The van der Waals surface area contributed by atoms with Crippen LogP contribution in [0.25, 0.3) is 12.2 Å². The predicted octanol–water partition coefficient (Wildman–Crippen LogP) is 3.76. The fourth-order valence-corrected chi connectivity index (χ4v) is 2.26. The highest BCUT2D eigenvalue weighted by Gasteiger charge is 2.20. The van der Waals surface area contributed by atoms with Crippen molar-refractivity contribution in [2.24, 2.45) is 4.99 Å². The molecule has 0 fully saturated rings. The molecule has 0 aliphatic carbocycles. The summed E-state index contributed by atoms with van der Waals surface area (Å²) in [6.45, 7) is 0. The molecule has 24 heavy (non-hydrogen) atoms. The quantitative estimate of drug-likeness (QED) is 0.637. The lowest BCUT2D eigenvalue weighted by Gasteiger charge is -2.11. The number of aliphatic imine (C=N–C) groups is 1. The maximum Gasteiger partial charge on any atom is 0.363 e. The van der Waals surface area contributed by atoms with E-state index in [2.05, 4.69) is 4.99 Å². The molecule has 0 saturated heterocycles. The van der Waals surface area contributed by atoms with Crippen LogP contribution in [0.1, 0.15) is 11.1 Å². The number of hydrogen-bond acceptors (Lipinski definition) is 4. The monoisotopic (exact) mass is 318 g/mol. The van der Waals surface area contributed by atoms with Crippen LogP contribution < -0.4 is 4.90 Å². The highest BCUT2D eigenvalue weighted by atomic mass is 16.6. The Kier molecular flexibility index (Phi) is 4.57. The number of anilines is 1. The molecule has 1 aliphatic rings. The summed E-state index contributed by atoms with van der Waals surface area (Å²) in [7, 11) is 3.97. The van der Waals surface area contributed by atoms with Crippen LogP contribution in [-0.2, 0) is 9.53 Å². The van der Waals surface area contributed by atoms with Crippen LogP contribution in [0.15, 0.2) is 71.4 Å². The third-order valence-corrected chi connectivity index (χ3v) is 3.57. The van der Waals surface area contributed by atoms with E-state index in [9.17, 15) is 4.79 Å². The molecule has 1 aliphatic heterocycles. The molecule has 0 saturated carbocycles. The lowest BCUT2D eigenvalue weighted by atomic mass is 10.1. The number of hydrogen-bond donors (Lipinski definition) is 0. The van der Waals surface area contributed by atoms with E-state index in [0.29, 0.717) is 11.6 Å². The van der Waals surface area contributed by atoms with Crippen LogP contribution in [0.5, 0.6) is 0 Å². The van der Waals surface area contributed by atoms with Crippen LogP contribution in [0.3, 0.4) is 0 Å². The third kappa shape index (κ3) is 3.79. The number of ether oxygens (including phenoxy) is 1. The van der Waals surface area contributed by atoms with Crippen molar-refractivity contribution in [3.8, 4) is 0 Å². The van der Waals surface area contributed by atoms with E-state index in [0.717, 1.165) is 16.8 Å². The van der Waals surface area contributed by atoms with Crippen LogP contribution in [0.4, 0.5) is 5.69 Å². The average Bonchev–Trinajstić information content (AvgIpc) is 2.94. The van der Waals surface area contributed by atoms with Gasteiger partial charge in [-0.05, 0) is 35.4 Å². The van der Waals surface area contributed by atoms with Gasteiger partial charge in [-0.3, -0.25) is 0 Å². The third-order valence-electron chi connectivity index (χ3n) is 3.57.